The number of carbonyl (C=O) groups excluding carboxylic acids is 4. The largest absolute Gasteiger partial charge is 0.419 e. The second kappa shape index (κ2) is 17.0. The van der Waals surface area contributed by atoms with Gasteiger partial charge in [0.05, 0.1) is 35.2 Å². The lowest BCUT2D eigenvalue weighted by Crippen LogP contribution is -2.60. The van der Waals surface area contributed by atoms with Crippen LogP contribution in [0.4, 0.5) is 48.3 Å². The van der Waals surface area contributed by atoms with Crippen molar-refractivity contribution in [1.82, 2.24) is 34.8 Å². The van der Waals surface area contributed by atoms with Crippen LogP contribution in [0.3, 0.4) is 0 Å². The van der Waals surface area contributed by atoms with E-state index in [4.69, 9.17) is 17.5 Å². The van der Waals surface area contributed by atoms with E-state index in [9.17, 15) is 45.5 Å². The first-order valence-corrected chi connectivity index (χ1v) is 20.6. The molecule has 1 unspecified atom stereocenters. The molecule has 1 aromatic carbocycles. The van der Waals surface area contributed by atoms with Gasteiger partial charge in [0.1, 0.15) is 17.6 Å². The Balaban J connectivity index is 0.910. The predicted octanol–water partition coefficient (Wildman–Crippen LogP) is 5.54. The van der Waals surface area contributed by atoms with E-state index < -0.39 is 65.5 Å². The highest BCUT2D eigenvalue weighted by Gasteiger charge is 2.53. The van der Waals surface area contributed by atoms with Crippen LogP contribution in [0.5, 0.6) is 0 Å². The quantitative estimate of drug-likeness (QED) is 0.194. The number of hydrogen-bond acceptors (Lipinski definition) is 10. The third-order valence-corrected chi connectivity index (χ3v) is 12.6. The fourth-order valence-corrected chi connectivity index (χ4v) is 9.73. The number of aryl methyl sites for hydroxylation is 1. The normalized spacial score (nSPS) is 23.0. The van der Waals surface area contributed by atoms with Crippen molar-refractivity contribution < 1.29 is 45.5 Å². The summed E-state index contributed by atoms with van der Waals surface area (Å²) in [5.74, 6) is -1.00. The van der Waals surface area contributed by atoms with E-state index in [0.717, 1.165) is 35.3 Å². The molecule has 0 radical (unpaired) electrons. The Kier molecular flexibility index (Phi) is 12.3. The Morgan fingerprint density at radius 3 is 2.45 bits per heavy atom. The first-order valence-electron chi connectivity index (χ1n) is 20.2. The number of thiocarbonyl (C=S) groups is 1. The summed E-state index contributed by atoms with van der Waals surface area (Å²) in [6.07, 6.45) is -4.09. The molecule has 5 heterocycles. The molecule has 1 atom stereocenters. The van der Waals surface area contributed by atoms with Crippen molar-refractivity contribution in [1.29, 1.82) is 5.26 Å². The Morgan fingerprint density at radius 2 is 1.79 bits per heavy atom. The Morgan fingerprint density at radius 1 is 1.06 bits per heavy atom. The summed E-state index contributed by atoms with van der Waals surface area (Å²) in [5.41, 5.74) is -2.63. The van der Waals surface area contributed by atoms with Gasteiger partial charge in [0, 0.05) is 51.1 Å². The molecule has 7 rings (SSSR count). The van der Waals surface area contributed by atoms with Crippen molar-refractivity contribution >= 4 is 69.2 Å². The maximum absolute atomic E-state index is 14.5. The number of aromatic nitrogens is 3. The molecule has 2 N–H and O–H groups in total. The van der Waals surface area contributed by atoms with Gasteiger partial charge >= 0.3 is 18.4 Å². The zero-order valence-corrected chi connectivity index (χ0v) is 35.0. The van der Waals surface area contributed by atoms with Gasteiger partial charge in [-0.25, -0.2) is 9.78 Å². The molecule has 0 spiro atoms. The number of urea groups is 1. The molecule has 2 aromatic heterocycles. The van der Waals surface area contributed by atoms with Gasteiger partial charge in [-0.05, 0) is 95.3 Å². The van der Waals surface area contributed by atoms with Crippen molar-refractivity contribution in [2.24, 2.45) is 13.0 Å². The highest BCUT2D eigenvalue weighted by molar-refractivity contribution is 7.80. The molecule has 3 aromatic rings. The molecule has 332 valence electrons. The average molecular weight is 890 g/mol. The maximum atomic E-state index is 14.5. The summed E-state index contributed by atoms with van der Waals surface area (Å²) in [6, 6.07) is 4.42. The molecule has 4 aliphatic rings. The Hall–Kier alpha value is -5.40. The number of imide groups is 1. The van der Waals surface area contributed by atoms with Crippen LogP contribution in [-0.2, 0) is 27.6 Å². The van der Waals surface area contributed by atoms with E-state index in [1.807, 2.05) is 0 Å². The van der Waals surface area contributed by atoms with Crippen LogP contribution in [0, 0.1) is 17.2 Å². The summed E-state index contributed by atoms with van der Waals surface area (Å²) < 4.78 is 86.0. The van der Waals surface area contributed by atoms with Gasteiger partial charge in [0.15, 0.2) is 16.6 Å². The minimum absolute atomic E-state index is 0.0167. The van der Waals surface area contributed by atoms with E-state index in [1.165, 1.54) is 15.7 Å². The molecule has 1 saturated carbocycles. The van der Waals surface area contributed by atoms with Crippen molar-refractivity contribution in [3.8, 4) is 6.07 Å². The lowest BCUT2D eigenvalue weighted by molar-refractivity contribution is -0.197. The summed E-state index contributed by atoms with van der Waals surface area (Å²) in [6.45, 7) is 3.43. The smallest absolute Gasteiger partial charge is 0.331 e. The average Bonchev–Trinajstić information content (AvgIpc) is 3.63. The van der Waals surface area contributed by atoms with Crippen LogP contribution < -0.4 is 20.4 Å². The van der Waals surface area contributed by atoms with Gasteiger partial charge in [-0.2, -0.15) is 36.7 Å². The highest BCUT2D eigenvalue weighted by atomic mass is 32.1. The van der Waals surface area contributed by atoms with Crippen LogP contribution in [0.25, 0.3) is 10.9 Å². The molecule has 15 nitrogen and oxygen atoms in total. The van der Waals surface area contributed by atoms with Crippen LogP contribution in [0.15, 0.2) is 30.5 Å². The monoisotopic (exact) mass is 889 g/mol. The van der Waals surface area contributed by atoms with E-state index in [2.05, 4.69) is 20.7 Å². The summed E-state index contributed by atoms with van der Waals surface area (Å²) in [5, 5.41) is 19.2. The van der Waals surface area contributed by atoms with Crippen molar-refractivity contribution in [3.05, 3.63) is 41.7 Å². The maximum Gasteiger partial charge on any atom is 0.419 e. The topological polar surface area (TPSA) is 163 Å². The van der Waals surface area contributed by atoms with Crippen molar-refractivity contribution in [2.75, 3.05) is 54.4 Å². The number of amides is 5. The first-order chi connectivity index (χ1) is 29.2. The van der Waals surface area contributed by atoms with E-state index >= 15 is 0 Å². The number of rotatable bonds is 10. The lowest BCUT2D eigenvalue weighted by atomic mass is 9.82. The summed E-state index contributed by atoms with van der Waals surface area (Å²) in [4.78, 5) is 61.8. The number of benzene rings is 1. The minimum atomic E-state index is -4.87. The number of pyridine rings is 1. The van der Waals surface area contributed by atoms with Gasteiger partial charge in [-0.1, -0.05) is 6.07 Å². The van der Waals surface area contributed by atoms with Crippen molar-refractivity contribution in [3.63, 3.8) is 0 Å². The molecular formula is C40H45F6N11O4S. The molecule has 3 aliphatic heterocycles. The molecule has 3 saturated heterocycles. The van der Waals surface area contributed by atoms with Crippen LogP contribution >= 0.6 is 12.2 Å². The number of nitriles is 1. The highest BCUT2D eigenvalue weighted by Crippen LogP contribution is 2.41. The summed E-state index contributed by atoms with van der Waals surface area (Å²) in [7, 11) is 1.61. The first kappa shape index (κ1) is 44.6. The third kappa shape index (κ3) is 8.79. The van der Waals surface area contributed by atoms with E-state index in [1.54, 1.807) is 48.9 Å². The zero-order valence-electron chi connectivity index (χ0n) is 34.1. The molecule has 5 amide bonds. The number of halogens is 6. The number of alkyl halides is 6. The second-order valence-corrected chi connectivity index (χ2v) is 17.0. The SMILES string of the molecule is Cn1nc(N2CCC(=O)NC2=O)c2cccc(NC(=O)CN3CCN(CCC[C@H]4CC[C@H](N5C(=S)N(c6cnc(C#N)c(C(F)(F)F)c6)C(=O)C5(C)C)CC4)CC3C(F)(F)F)c21. The Bertz CT molecular complexity index is 2320. The van der Waals surface area contributed by atoms with Gasteiger partial charge < -0.3 is 15.1 Å². The molecular weight excluding hydrogens is 845 g/mol. The lowest BCUT2D eigenvalue weighted by Gasteiger charge is -2.42. The van der Waals surface area contributed by atoms with Gasteiger partial charge in [-0.3, -0.25) is 39.1 Å². The van der Waals surface area contributed by atoms with Gasteiger partial charge in [0.25, 0.3) is 5.91 Å². The van der Waals surface area contributed by atoms with E-state index in [0.29, 0.717) is 55.0 Å². The number of hydrogen-bond donors (Lipinski definition) is 2. The van der Waals surface area contributed by atoms with Crippen LogP contribution in [0.1, 0.15) is 70.1 Å². The molecule has 1 aliphatic carbocycles. The number of para-hydroxylation sites is 1. The Labute approximate surface area is 357 Å². The van der Waals surface area contributed by atoms with Gasteiger partial charge in [-0.15, -0.1) is 0 Å². The number of nitrogens with zero attached hydrogens (tertiary/aromatic N) is 9. The number of anilines is 3. The van der Waals surface area contributed by atoms with E-state index in [-0.39, 0.29) is 54.6 Å². The third-order valence-electron chi connectivity index (χ3n) is 12.3. The van der Waals surface area contributed by atoms with Gasteiger partial charge in [0.2, 0.25) is 11.8 Å². The number of fused-ring (bicyclic) bond motifs is 1. The number of carbonyl (C=O) groups is 4. The minimum Gasteiger partial charge on any atom is -0.331 e. The van der Waals surface area contributed by atoms with Crippen LogP contribution in [-0.4, -0.2) is 121 Å². The summed E-state index contributed by atoms with van der Waals surface area (Å²) >= 11 is 5.69. The number of piperazine rings is 1. The van der Waals surface area contributed by atoms with Crippen molar-refractivity contribution in [2.45, 2.75) is 88.8 Å². The number of nitrogens with one attached hydrogen (secondary N) is 2. The predicted molar refractivity (Wildman–Crippen MR) is 218 cm³/mol. The molecule has 0 bridgehead atoms. The molecule has 22 heteroatoms. The second-order valence-electron chi connectivity index (χ2n) is 16.6. The van der Waals surface area contributed by atoms with Crippen LogP contribution in [0.2, 0.25) is 0 Å². The fourth-order valence-electron chi connectivity index (χ4n) is 9.17. The molecule has 4 fully saturated rings. The zero-order chi connectivity index (χ0) is 44.9. The molecule has 62 heavy (non-hydrogen) atoms. The fraction of sp³-hybridized carbons (Fsp3) is 0.550. The standard InChI is InChI=1S/C40H45F6N11O4S/c1-38(2)35(60)56(25-18-27(39(41,42)43)29(19-47)48-20-25)37(62)57(38)24-11-9-23(10-12-24)6-5-14-53-16-17-54(30(21-53)40(44,45)46)22-32(59)49-28-8-4-7-26-33(28)52(3)51-34(26)55-15-13-31(58)50-36(55)61/h4,7-8,18,20,23-24,30H,5-6,9-17,21-22H2,1-3H3,(H,49,59)(H,50,58,61)/t23-,24-,30?.